The lowest BCUT2D eigenvalue weighted by molar-refractivity contribution is -0.131. The molecule has 1 aliphatic rings. The maximum Gasteiger partial charge on any atom is 0.226 e. The molecule has 2 rings (SSSR count). The van der Waals surface area contributed by atoms with Crippen LogP contribution in [-0.4, -0.2) is 30.6 Å². The molecule has 0 saturated carbocycles. The fourth-order valence-electron chi connectivity index (χ4n) is 2.40. The lowest BCUT2D eigenvalue weighted by Crippen LogP contribution is -2.46. The molecule has 4 nitrogen and oxygen atoms in total. The van der Waals surface area contributed by atoms with E-state index in [1.54, 1.807) is 12.1 Å². The van der Waals surface area contributed by atoms with E-state index in [-0.39, 0.29) is 17.1 Å². The molecule has 0 atom stereocenters. The van der Waals surface area contributed by atoms with E-state index < -0.39 is 0 Å². The van der Waals surface area contributed by atoms with Crippen molar-refractivity contribution in [3.05, 3.63) is 29.8 Å². The van der Waals surface area contributed by atoms with Gasteiger partial charge in [0.2, 0.25) is 5.91 Å². The number of carbonyl (C=O) groups is 1. The Morgan fingerprint density at radius 3 is 2.58 bits per heavy atom. The number of aromatic hydroxyl groups is 1. The first-order valence-electron chi connectivity index (χ1n) is 6.87. The molecular weight excluding hydrogens is 240 g/mol. The van der Waals surface area contributed by atoms with E-state index in [1.165, 1.54) is 0 Å². The highest BCUT2D eigenvalue weighted by atomic mass is 16.3. The van der Waals surface area contributed by atoms with E-state index in [2.05, 4.69) is 10.6 Å². The number of nitrogens with one attached hydrogen (secondary N) is 2. The van der Waals surface area contributed by atoms with E-state index in [0.717, 1.165) is 37.9 Å². The van der Waals surface area contributed by atoms with Gasteiger partial charge >= 0.3 is 0 Å². The Labute approximate surface area is 114 Å². The molecule has 1 heterocycles. The van der Waals surface area contributed by atoms with E-state index >= 15 is 0 Å². The molecule has 0 aromatic heterocycles. The quantitative estimate of drug-likeness (QED) is 0.769. The number of rotatable bonds is 4. The van der Waals surface area contributed by atoms with Crippen LogP contribution >= 0.6 is 0 Å². The summed E-state index contributed by atoms with van der Waals surface area (Å²) in [4.78, 5) is 12.2. The van der Waals surface area contributed by atoms with Gasteiger partial charge in [0.05, 0.1) is 0 Å². The molecule has 3 N–H and O–H groups in total. The van der Waals surface area contributed by atoms with Gasteiger partial charge in [-0.25, -0.2) is 0 Å². The molecular formula is C15H22N2O2. The van der Waals surface area contributed by atoms with Crippen LogP contribution in [0.2, 0.25) is 0 Å². The predicted molar refractivity (Wildman–Crippen MR) is 75.0 cm³/mol. The number of piperidine rings is 1. The molecule has 19 heavy (non-hydrogen) atoms. The summed E-state index contributed by atoms with van der Waals surface area (Å²) in [6, 6.07) is 7.11. The molecule has 0 radical (unpaired) electrons. The van der Waals surface area contributed by atoms with Gasteiger partial charge in [0, 0.05) is 12.0 Å². The van der Waals surface area contributed by atoms with E-state index in [9.17, 15) is 9.90 Å². The van der Waals surface area contributed by atoms with Gasteiger partial charge in [0.25, 0.3) is 0 Å². The Balaban J connectivity index is 1.78. The SMILES string of the molecule is CC1(C(=O)NCCc2ccc(O)cc2)CCNCC1. The van der Waals surface area contributed by atoms with Gasteiger partial charge in [-0.2, -0.15) is 0 Å². The third-order valence-corrected chi connectivity index (χ3v) is 3.89. The molecule has 1 aromatic carbocycles. The summed E-state index contributed by atoms with van der Waals surface area (Å²) in [5, 5.41) is 15.5. The van der Waals surface area contributed by atoms with Gasteiger partial charge in [-0.15, -0.1) is 0 Å². The second-order valence-corrected chi connectivity index (χ2v) is 5.48. The fourth-order valence-corrected chi connectivity index (χ4v) is 2.40. The molecule has 0 spiro atoms. The normalized spacial score (nSPS) is 17.9. The number of carbonyl (C=O) groups excluding carboxylic acids is 1. The lowest BCUT2D eigenvalue weighted by atomic mass is 9.80. The van der Waals surface area contributed by atoms with Crippen molar-refractivity contribution >= 4 is 5.91 Å². The predicted octanol–water partition coefficient (Wildman–Crippen LogP) is 1.44. The average Bonchev–Trinajstić information content (AvgIpc) is 2.42. The van der Waals surface area contributed by atoms with E-state index in [4.69, 9.17) is 0 Å². The van der Waals surface area contributed by atoms with Gasteiger partial charge in [-0.3, -0.25) is 4.79 Å². The van der Waals surface area contributed by atoms with Gasteiger partial charge in [-0.05, 0) is 50.0 Å². The summed E-state index contributed by atoms with van der Waals surface area (Å²) in [5.74, 6) is 0.433. The first-order chi connectivity index (χ1) is 9.10. The minimum atomic E-state index is -0.222. The highest BCUT2D eigenvalue weighted by Gasteiger charge is 2.33. The highest BCUT2D eigenvalue weighted by molar-refractivity contribution is 5.82. The summed E-state index contributed by atoms with van der Waals surface area (Å²) < 4.78 is 0. The molecule has 0 unspecified atom stereocenters. The van der Waals surface area contributed by atoms with E-state index in [1.807, 2.05) is 19.1 Å². The Morgan fingerprint density at radius 1 is 1.32 bits per heavy atom. The minimum Gasteiger partial charge on any atom is -0.508 e. The zero-order chi connectivity index (χ0) is 13.7. The number of phenols is 1. The minimum absolute atomic E-state index is 0.160. The molecule has 104 valence electrons. The molecule has 1 aliphatic heterocycles. The number of hydrogen-bond donors (Lipinski definition) is 3. The van der Waals surface area contributed by atoms with Crippen LogP contribution in [0.5, 0.6) is 5.75 Å². The Kier molecular flexibility index (Phi) is 4.43. The van der Waals surface area contributed by atoms with Crippen molar-refractivity contribution in [1.82, 2.24) is 10.6 Å². The Morgan fingerprint density at radius 2 is 1.95 bits per heavy atom. The van der Waals surface area contributed by atoms with Crippen molar-refractivity contribution in [3.63, 3.8) is 0 Å². The number of hydrogen-bond acceptors (Lipinski definition) is 3. The third-order valence-electron chi connectivity index (χ3n) is 3.89. The van der Waals surface area contributed by atoms with Crippen molar-refractivity contribution in [2.24, 2.45) is 5.41 Å². The first-order valence-corrected chi connectivity index (χ1v) is 6.87. The van der Waals surface area contributed by atoms with Gasteiger partial charge < -0.3 is 15.7 Å². The third kappa shape index (κ3) is 3.70. The molecule has 1 saturated heterocycles. The van der Waals surface area contributed by atoms with Crippen LogP contribution < -0.4 is 10.6 Å². The summed E-state index contributed by atoms with van der Waals surface area (Å²) in [5.41, 5.74) is 0.897. The molecule has 4 heteroatoms. The zero-order valence-electron chi connectivity index (χ0n) is 11.4. The van der Waals surface area contributed by atoms with Crippen LogP contribution in [0.1, 0.15) is 25.3 Å². The summed E-state index contributed by atoms with van der Waals surface area (Å²) >= 11 is 0. The van der Waals surface area contributed by atoms with Crippen LogP contribution in [0, 0.1) is 5.41 Å². The largest absolute Gasteiger partial charge is 0.508 e. The lowest BCUT2D eigenvalue weighted by Gasteiger charge is -2.32. The first kappa shape index (κ1) is 13.9. The van der Waals surface area contributed by atoms with Crippen molar-refractivity contribution in [1.29, 1.82) is 0 Å². The second kappa shape index (κ2) is 6.06. The number of benzene rings is 1. The zero-order valence-corrected chi connectivity index (χ0v) is 11.4. The maximum atomic E-state index is 12.2. The second-order valence-electron chi connectivity index (χ2n) is 5.48. The van der Waals surface area contributed by atoms with Crippen molar-refractivity contribution in [2.45, 2.75) is 26.2 Å². The van der Waals surface area contributed by atoms with E-state index in [0.29, 0.717) is 6.54 Å². The Bertz CT molecular complexity index is 422. The molecule has 0 aliphatic carbocycles. The summed E-state index contributed by atoms with van der Waals surface area (Å²) in [6.45, 7) is 4.53. The highest BCUT2D eigenvalue weighted by Crippen LogP contribution is 2.27. The maximum absolute atomic E-state index is 12.2. The number of amides is 1. The fraction of sp³-hybridized carbons (Fsp3) is 0.533. The van der Waals surface area contributed by atoms with Crippen LogP contribution in [-0.2, 0) is 11.2 Å². The Hall–Kier alpha value is -1.55. The molecule has 1 aromatic rings. The average molecular weight is 262 g/mol. The van der Waals surface area contributed by atoms with Crippen LogP contribution in [0.25, 0.3) is 0 Å². The summed E-state index contributed by atoms with van der Waals surface area (Å²) in [7, 11) is 0. The van der Waals surface area contributed by atoms with Crippen LogP contribution in [0.3, 0.4) is 0 Å². The number of phenolic OH excluding ortho intramolecular Hbond substituents is 1. The van der Waals surface area contributed by atoms with Crippen molar-refractivity contribution < 1.29 is 9.90 Å². The van der Waals surface area contributed by atoms with Gasteiger partial charge in [0.1, 0.15) is 5.75 Å². The van der Waals surface area contributed by atoms with Crippen molar-refractivity contribution in [2.75, 3.05) is 19.6 Å². The molecule has 1 amide bonds. The monoisotopic (exact) mass is 262 g/mol. The molecule has 0 bridgehead atoms. The standard InChI is InChI=1S/C15H22N2O2/c1-15(7-10-16-11-8-15)14(19)17-9-6-12-2-4-13(18)5-3-12/h2-5,16,18H,6-11H2,1H3,(H,17,19). The molecule has 1 fully saturated rings. The van der Waals surface area contributed by atoms with Crippen LogP contribution in [0.4, 0.5) is 0 Å². The van der Waals surface area contributed by atoms with Gasteiger partial charge in [-0.1, -0.05) is 19.1 Å². The van der Waals surface area contributed by atoms with Gasteiger partial charge in [0.15, 0.2) is 0 Å². The van der Waals surface area contributed by atoms with Crippen LogP contribution in [0.15, 0.2) is 24.3 Å². The topological polar surface area (TPSA) is 61.4 Å². The summed E-state index contributed by atoms with van der Waals surface area (Å²) in [6.07, 6.45) is 2.59. The smallest absolute Gasteiger partial charge is 0.226 e. The van der Waals surface area contributed by atoms with Crippen molar-refractivity contribution in [3.8, 4) is 5.75 Å².